The van der Waals surface area contributed by atoms with Crippen molar-refractivity contribution in [3.8, 4) is 11.5 Å². The number of aliphatic carboxylic acids is 1. The van der Waals surface area contributed by atoms with Crippen LogP contribution in [0.3, 0.4) is 0 Å². The summed E-state index contributed by atoms with van der Waals surface area (Å²) in [4.78, 5) is 10.8. The van der Waals surface area contributed by atoms with Crippen LogP contribution in [0.25, 0.3) is 0 Å². The highest BCUT2D eigenvalue weighted by atomic mass is 32.2. The Hall–Kier alpha value is -2.92. The summed E-state index contributed by atoms with van der Waals surface area (Å²) >= 11 is 1.95. The van der Waals surface area contributed by atoms with Crippen molar-refractivity contribution in [3.63, 3.8) is 0 Å². The molecule has 4 rings (SSSR count). The van der Waals surface area contributed by atoms with Crippen molar-refractivity contribution in [3.05, 3.63) is 95.6 Å². The molecule has 0 bridgehead atoms. The Labute approximate surface area is 187 Å². The Morgan fingerprint density at radius 3 is 2.29 bits per heavy atom. The van der Waals surface area contributed by atoms with Gasteiger partial charge < -0.3 is 14.6 Å². The lowest BCUT2D eigenvalue weighted by atomic mass is 9.92. The molecule has 1 aliphatic heterocycles. The van der Waals surface area contributed by atoms with Gasteiger partial charge in [-0.3, -0.25) is 0 Å². The van der Waals surface area contributed by atoms with E-state index in [4.69, 9.17) is 14.6 Å². The molecule has 0 saturated heterocycles. The van der Waals surface area contributed by atoms with Crippen molar-refractivity contribution in [1.29, 1.82) is 0 Å². The molecule has 3 aromatic rings. The first-order valence-corrected chi connectivity index (χ1v) is 11.4. The lowest BCUT2D eigenvalue weighted by molar-refractivity contribution is -0.139. The molecule has 0 aromatic heterocycles. The topological polar surface area (TPSA) is 55.8 Å². The van der Waals surface area contributed by atoms with Gasteiger partial charge in [-0.2, -0.15) is 0 Å². The van der Waals surface area contributed by atoms with Gasteiger partial charge in [-0.1, -0.05) is 72.8 Å². The second kappa shape index (κ2) is 9.48. The number of fused-ring (bicyclic) bond motifs is 1. The maximum absolute atomic E-state index is 10.8. The third-order valence-corrected chi connectivity index (χ3v) is 7.22. The van der Waals surface area contributed by atoms with Crippen molar-refractivity contribution >= 4 is 17.7 Å². The molecule has 0 amide bonds. The summed E-state index contributed by atoms with van der Waals surface area (Å²) in [7, 11) is 0. The number of carboxylic acids is 1. The van der Waals surface area contributed by atoms with Gasteiger partial charge in [0.2, 0.25) is 0 Å². The molecule has 4 nitrogen and oxygen atoms in total. The van der Waals surface area contributed by atoms with Crippen LogP contribution in [0, 0.1) is 0 Å². The third-order valence-electron chi connectivity index (χ3n) is 5.74. The van der Waals surface area contributed by atoms with Gasteiger partial charge in [0.15, 0.2) is 18.1 Å². The summed E-state index contributed by atoms with van der Waals surface area (Å²) < 4.78 is 11.2. The number of hydrogen-bond acceptors (Lipinski definition) is 4. The lowest BCUT2D eigenvalue weighted by Crippen LogP contribution is -2.20. The van der Waals surface area contributed by atoms with Crippen LogP contribution in [0.15, 0.2) is 78.9 Å². The van der Waals surface area contributed by atoms with Crippen LogP contribution < -0.4 is 9.47 Å². The van der Waals surface area contributed by atoms with Gasteiger partial charge in [-0.05, 0) is 36.3 Å². The normalized spacial score (nSPS) is 15.2. The predicted octanol–water partition coefficient (Wildman–Crippen LogP) is 5.71. The zero-order valence-corrected chi connectivity index (χ0v) is 18.3. The van der Waals surface area contributed by atoms with Gasteiger partial charge in [0.1, 0.15) is 0 Å². The first-order valence-electron chi connectivity index (χ1n) is 10.4. The molecule has 0 spiro atoms. The minimum atomic E-state index is -0.996. The average molecular weight is 435 g/mol. The predicted molar refractivity (Wildman–Crippen MR) is 124 cm³/mol. The van der Waals surface area contributed by atoms with Crippen LogP contribution in [-0.4, -0.2) is 30.0 Å². The molecule has 1 aliphatic rings. The summed E-state index contributed by atoms with van der Waals surface area (Å²) in [6, 6.07) is 27.0. The van der Waals surface area contributed by atoms with Crippen LogP contribution in [-0.2, 0) is 9.54 Å². The second-order valence-electron chi connectivity index (χ2n) is 7.77. The molecule has 0 fully saturated rings. The van der Waals surface area contributed by atoms with E-state index in [0.29, 0.717) is 18.1 Å². The SMILES string of the molecule is CC(SCCC1COc2c(OCC(=O)O)cccc21)(c1ccccc1)c1ccccc1. The number of benzene rings is 3. The fourth-order valence-electron chi connectivity index (χ4n) is 4.03. The molecule has 31 heavy (non-hydrogen) atoms. The molecule has 0 saturated carbocycles. The Bertz CT molecular complexity index is 981. The molecule has 1 atom stereocenters. The molecule has 1 heterocycles. The van der Waals surface area contributed by atoms with Gasteiger partial charge in [-0.15, -0.1) is 11.8 Å². The number of carbonyl (C=O) groups is 1. The van der Waals surface area contributed by atoms with Crippen LogP contribution in [0.5, 0.6) is 11.5 Å². The summed E-state index contributed by atoms with van der Waals surface area (Å²) in [5, 5.41) is 8.89. The van der Waals surface area contributed by atoms with E-state index in [9.17, 15) is 4.79 Å². The van der Waals surface area contributed by atoms with Gasteiger partial charge in [0.25, 0.3) is 0 Å². The summed E-state index contributed by atoms with van der Waals surface area (Å²) in [6.45, 7) is 2.52. The van der Waals surface area contributed by atoms with E-state index in [0.717, 1.165) is 17.7 Å². The molecular formula is C26H26O4S. The third kappa shape index (κ3) is 4.72. The summed E-state index contributed by atoms with van der Waals surface area (Å²) in [6.07, 6.45) is 0.968. The number of rotatable bonds is 9. The van der Waals surface area contributed by atoms with Crippen LogP contribution >= 0.6 is 11.8 Å². The van der Waals surface area contributed by atoms with E-state index in [1.54, 1.807) is 6.07 Å². The van der Waals surface area contributed by atoms with E-state index >= 15 is 0 Å². The van der Waals surface area contributed by atoms with Crippen molar-refractivity contribution in [2.45, 2.75) is 24.0 Å². The first kappa shape index (κ1) is 21.3. The molecule has 1 unspecified atom stereocenters. The molecule has 0 radical (unpaired) electrons. The van der Waals surface area contributed by atoms with Crippen molar-refractivity contribution in [1.82, 2.24) is 0 Å². The maximum atomic E-state index is 10.8. The Morgan fingerprint density at radius 2 is 1.68 bits per heavy atom. The monoisotopic (exact) mass is 434 g/mol. The molecule has 5 heteroatoms. The zero-order chi connectivity index (χ0) is 21.7. The highest BCUT2D eigenvalue weighted by Crippen LogP contribution is 2.46. The van der Waals surface area contributed by atoms with Gasteiger partial charge in [0.05, 0.1) is 11.4 Å². The van der Waals surface area contributed by atoms with E-state index < -0.39 is 5.97 Å². The van der Waals surface area contributed by atoms with Gasteiger partial charge in [-0.25, -0.2) is 4.79 Å². The van der Waals surface area contributed by atoms with Crippen LogP contribution in [0.2, 0.25) is 0 Å². The largest absolute Gasteiger partial charge is 0.489 e. The highest BCUT2D eigenvalue weighted by molar-refractivity contribution is 8.00. The standard InChI is InChI=1S/C26H26O4S/c1-26(20-9-4-2-5-10-20,21-11-6-3-7-12-21)31-16-15-19-17-30-25-22(19)13-8-14-23(25)29-18-24(27)28/h2-14,19H,15-18H2,1H3,(H,27,28). The molecule has 1 N–H and O–H groups in total. The Kier molecular flexibility index (Phi) is 6.52. The van der Waals surface area contributed by atoms with Gasteiger partial charge >= 0.3 is 5.97 Å². The minimum absolute atomic E-state index is 0.142. The van der Waals surface area contributed by atoms with E-state index in [2.05, 4.69) is 73.7 Å². The number of carboxylic acid groups (broad SMARTS) is 1. The second-order valence-corrected chi connectivity index (χ2v) is 9.28. The maximum Gasteiger partial charge on any atom is 0.341 e. The smallest absolute Gasteiger partial charge is 0.341 e. The minimum Gasteiger partial charge on any atom is -0.489 e. The van der Waals surface area contributed by atoms with E-state index in [1.807, 2.05) is 17.8 Å². The van der Waals surface area contributed by atoms with Gasteiger partial charge in [0, 0.05) is 11.5 Å². The highest BCUT2D eigenvalue weighted by Gasteiger charge is 2.31. The van der Waals surface area contributed by atoms with E-state index in [1.165, 1.54) is 11.1 Å². The molecular weight excluding hydrogens is 408 g/mol. The van der Waals surface area contributed by atoms with Crippen LogP contribution in [0.1, 0.15) is 36.0 Å². The number of hydrogen-bond donors (Lipinski definition) is 1. The Balaban J connectivity index is 1.48. The molecule has 0 aliphatic carbocycles. The fourth-order valence-corrected chi connectivity index (χ4v) is 5.44. The molecule has 160 valence electrons. The number of para-hydroxylation sites is 1. The Morgan fingerprint density at radius 1 is 1.03 bits per heavy atom. The lowest BCUT2D eigenvalue weighted by Gasteiger charge is -2.31. The van der Waals surface area contributed by atoms with E-state index in [-0.39, 0.29) is 17.3 Å². The zero-order valence-electron chi connectivity index (χ0n) is 17.5. The van der Waals surface area contributed by atoms with Crippen molar-refractivity contribution < 1.29 is 19.4 Å². The summed E-state index contributed by atoms with van der Waals surface area (Å²) in [5.41, 5.74) is 3.68. The number of ether oxygens (including phenoxy) is 2. The summed E-state index contributed by atoms with van der Waals surface area (Å²) in [5.74, 6) is 1.44. The average Bonchev–Trinajstić information content (AvgIpc) is 3.22. The first-order chi connectivity index (χ1) is 15.1. The van der Waals surface area contributed by atoms with Crippen molar-refractivity contribution in [2.75, 3.05) is 19.0 Å². The van der Waals surface area contributed by atoms with Crippen LogP contribution in [0.4, 0.5) is 0 Å². The van der Waals surface area contributed by atoms with Crippen molar-refractivity contribution in [2.24, 2.45) is 0 Å². The molecule has 3 aromatic carbocycles. The number of thioether (sulfide) groups is 1. The quantitative estimate of drug-likeness (QED) is 0.467. The fraction of sp³-hybridized carbons (Fsp3) is 0.269.